The summed E-state index contributed by atoms with van der Waals surface area (Å²) in [4.78, 5) is 29.8. The molecule has 0 aliphatic carbocycles. The molecule has 0 saturated heterocycles. The highest BCUT2D eigenvalue weighted by atomic mass is 16.2. The van der Waals surface area contributed by atoms with Crippen LogP contribution < -0.4 is 16.7 Å². The lowest BCUT2D eigenvalue weighted by atomic mass is 10.1. The molecule has 0 aliphatic rings. The van der Waals surface area contributed by atoms with Gasteiger partial charge in [0.15, 0.2) is 11.2 Å². The van der Waals surface area contributed by atoms with E-state index < -0.39 is 11.2 Å². The predicted molar refractivity (Wildman–Crippen MR) is 118 cm³/mol. The van der Waals surface area contributed by atoms with Crippen LogP contribution in [0.1, 0.15) is 16.7 Å². The summed E-state index contributed by atoms with van der Waals surface area (Å²) in [6, 6.07) is 17.7. The third-order valence-corrected chi connectivity index (χ3v) is 4.99. The van der Waals surface area contributed by atoms with Crippen LogP contribution in [0.5, 0.6) is 0 Å². The number of aryl methyl sites for hydroxylation is 2. The fourth-order valence-corrected chi connectivity index (χ4v) is 3.27. The predicted octanol–water partition coefficient (Wildman–Crippen LogP) is 2.24. The fraction of sp³-hybridized carbons (Fsp3) is 0.182. The Labute approximate surface area is 172 Å². The van der Waals surface area contributed by atoms with E-state index in [0.29, 0.717) is 23.7 Å². The first-order chi connectivity index (χ1) is 14.5. The smallest absolute Gasteiger partial charge is 0.298 e. The number of imidazole rings is 1. The molecule has 8 heteroatoms. The molecule has 0 fully saturated rings. The molecular formula is C22H22N6O2. The summed E-state index contributed by atoms with van der Waals surface area (Å²) in [5, 5.41) is 4.27. The Bertz CT molecular complexity index is 1350. The first kappa shape index (κ1) is 19.4. The number of aromatic nitrogens is 4. The van der Waals surface area contributed by atoms with Crippen LogP contribution in [-0.4, -0.2) is 24.9 Å². The summed E-state index contributed by atoms with van der Waals surface area (Å²) in [6.45, 7) is 2.43. The molecule has 0 saturated carbocycles. The van der Waals surface area contributed by atoms with Crippen molar-refractivity contribution in [3.8, 4) is 0 Å². The number of rotatable bonds is 5. The second-order valence-corrected chi connectivity index (χ2v) is 7.17. The SMILES string of the molecule is Cc1ccc(Cn2c(N/N=C\c3ccccc3)nc3c2c(=O)n(C)c(=O)n3C)cc1. The lowest BCUT2D eigenvalue weighted by molar-refractivity contribution is 0.702. The molecule has 2 aromatic carbocycles. The van der Waals surface area contributed by atoms with Crippen LogP contribution in [0.3, 0.4) is 0 Å². The maximum absolute atomic E-state index is 12.9. The Morgan fingerprint density at radius 2 is 1.70 bits per heavy atom. The zero-order chi connectivity index (χ0) is 21.3. The summed E-state index contributed by atoms with van der Waals surface area (Å²) in [5.74, 6) is 0.385. The van der Waals surface area contributed by atoms with Gasteiger partial charge in [-0.05, 0) is 18.1 Å². The minimum absolute atomic E-state index is 0.313. The molecular weight excluding hydrogens is 380 g/mol. The molecule has 0 aliphatic heterocycles. The van der Waals surface area contributed by atoms with Gasteiger partial charge in [-0.25, -0.2) is 10.2 Å². The van der Waals surface area contributed by atoms with Crippen LogP contribution in [-0.2, 0) is 20.6 Å². The molecule has 0 radical (unpaired) electrons. The Hall–Kier alpha value is -3.94. The van der Waals surface area contributed by atoms with E-state index in [0.717, 1.165) is 21.3 Å². The van der Waals surface area contributed by atoms with Crippen LogP contribution in [0.2, 0.25) is 0 Å². The van der Waals surface area contributed by atoms with Gasteiger partial charge in [-0.3, -0.25) is 18.5 Å². The van der Waals surface area contributed by atoms with E-state index in [1.165, 1.54) is 11.6 Å². The van der Waals surface area contributed by atoms with Gasteiger partial charge in [-0.1, -0.05) is 60.2 Å². The quantitative estimate of drug-likeness (QED) is 0.410. The summed E-state index contributed by atoms with van der Waals surface area (Å²) < 4.78 is 4.21. The lowest BCUT2D eigenvalue weighted by Gasteiger charge is -2.09. The molecule has 4 rings (SSSR count). The number of nitrogens with zero attached hydrogens (tertiary/aromatic N) is 5. The number of hydrazone groups is 1. The highest BCUT2D eigenvalue weighted by Crippen LogP contribution is 2.18. The van der Waals surface area contributed by atoms with Crippen LogP contribution in [0, 0.1) is 6.92 Å². The summed E-state index contributed by atoms with van der Waals surface area (Å²) in [6.07, 6.45) is 1.67. The van der Waals surface area contributed by atoms with Crippen molar-refractivity contribution in [1.29, 1.82) is 0 Å². The van der Waals surface area contributed by atoms with Crippen LogP contribution in [0.15, 0.2) is 69.3 Å². The van der Waals surface area contributed by atoms with E-state index in [1.807, 2.05) is 61.5 Å². The van der Waals surface area contributed by atoms with Gasteiger partial charge in [0, 0.05) is 14.1 Å². The molecule has 0 atom stereocenters. The standard InChI is InChI=1S/C22H22N6O2/c1-15-9-11-17(12-10-15)14-28-18-19(26(2)22(30)27(3)20(18)29)24-21(28)25-23-13-16-7-5-4-6-8-16/h4-13H,14H2,1-3H3,(H,24,25)/b23-13-. The number of anilines is 1. The molecule has 1 N–H and O–H groups in total. The zero-order valence-corrected chi connectivity index (χ0v) is 17.0. The van der Waals surface area contributed by atoms with E-state index in [4.69, 9.17) is 0 Å². The Balaban J connectivity index is 1.83. The van der Waals surface area contributed by atoms with Crippen LogP contribution in [0.25, 0.3) is 11.2 Å². The van der Waals surface area contributed by atoms with Crippen LogP contribution >= 0.6 is 0 Å². The average Bonchev–Trinajstić information content (AvgIpc) is 3.11. The Morgan fingerprint density at radius 3 is 2.40 bits per heavy atom. The minimum Gasteiger partial charge on any atom is -0.298 e. The molecule has 0 spiro atoms. The average molecular weight is 402 g/mol. The number of nitrogens with one attached hydrogen (secondary N) is 1. The zero-order valence-electron chi connectivity index (χ0n) is 17.0. The van der Waals surface area contributed by atoms with Crippen molar-refractivity contribution in [2.45, 2.75) is 13.5 Å². The van der Waals surface area contributed by atoms with Gasteiger partial charge in [0.2, 0.25) is 5.95 Å². The molecule has 30 heavy (non-hydrogen) atoms. The molecule has 2 heterocycles. The largest absolute Gasteiger partial charge is 0.332 e. The molecule has 2 aromatic heterocycles. The van der Waals surface area contributed by atoms with Gasteiger partial charge >= 0.3 is 5.69 Å². The molecule has 0 amide bonds. The van der Waals surface area contributed by atoms with Gasteiger partial charge in [0.1, 0.15) is 0 Å². The molecule has 8 nitrogen and oxygen atoms in total. The Kier molecular flexibility index (Phi) is 5.05. The van der Waals surface area contributed by atoms with E-state index in [9.17, 15) is 9.59 Å². The second-order valence-electron chi connectivity index (χ2n) is 7.17. The van der Waals surface area contributed by atoms with Crippen LogP contribution in [0.4, 0.5) is 5.95 Å². The first-order valence-corrected chi connectivity index (χ1v) is 9.51. The second kappa shape index (κ2) is 7.82. The van der Waals surface area contributed by atoms with Gasteiger partial charge in [-0.15, -0.1) is 0 Å². The van der Waals surface area contributed by atoms with E-state index in [-0.39, 0.29) is 0 Å². The number of hydrogen-bond donors (Lipinski definition) is 1. The summed E-state index contributed by atoms with van der Waals surface area (Å²) >= 11 is 0. The van der Waals surface area contributed by atoms with Crippen molar-refractivity contribution in [2.75, 3.05) is 5.43 Å². The number of fused-ring (bicyclic) bond motifs is 1. The molecule has 152 valence electrons. The molecule has 0 bridgehead atoms. The molecule has 4 aromatic rings. The maximum atomic E-state index is 12.9. The fourth-order valence-electron chi connectivity index (χ4n) is 3.27. The highest BCUT2D eigenvalue weighted by Gasteiger charge is 2.19. The van der Waals surface area contributed by atoms with E-state index in [2.05, 4.69) is 15.5 Å². The van der Waals surface area contributed by atoms with Crippen molar-refractivity contribution in [1.82, 2.24) is 18.7 Å². The first-order valence-electron chi connectivity index (χ1n) is 9.51. The van der Waals surface area contributed by atoms with E-state index >= 15 is 0 Å². The van der Waals surface area contributed by atoms with Gasteiger partial charge in [0.25, 0.3) is 5.56 Å². The number of hydrogen-bond acceptors (Lipinski definition) is 5. The Morgan fingerprint density at radius 1 is 1.00 bits per heavy atom. The van der Waals surface area contributed by atoms with Crippen molar-refractivity contribution < 1.29 is 0 Å². The number of benzene rings is 2. The lowest BCUT2D eigenvalue weighted by Crippen LogP contribution is -2.37. The topological polar surface area (TPSA) is 86.2 Å². The minimum atomic E-state index is -0.424. The monoisotopic (exact) mass is 402 g/mol. The maximum Gasteiger partial charge on any atom is 0.332 e. The van der Waals surface area contributed by atoms with E-state index in [1.54, 1.807) is 17.8 Å². The summed E-state index contributed by atoms with van der Waals surface area (Å²) in [7, 11) is 3.07. The van der Waals surface area contributed by atoms with Gasteiger partial charge < -0.3 is 0 Å². The third-order valence-electron chi connectivity index (χ3n) is 4.99. The van der Waals surface area contributed by atoms with Gasteiger partial charge in [-0.2, -0.15) is 10.1 Å². The van der Waals surface area contributed by atoms with Crippen molar-refractivity contribution in [2.24, 2.45) is 19.2 Å². The third kappa shape index (κ3) is 3.55. The summed E-state index contributed by atoms with van der Waals surface area (Å²) in [5.41, 5.74) is 5.85. The van der Waals surface area contributed by atoms with Gasteiger partial charge in [0.05, 0.1) is 12.8 Å². The van der Waals surface area contributed by atoms with Crippen molar-refractivity contribution >= 4 is 23.3 Å². The highest BCUT2D eigenvalue weighted by molar-refractivity contribution is 5.80. The van der Waals surface area contributed by atoms with Crippen molar-refractivity contribution in [3.63, 3.8) is 0 Å². The molecule has 0 unspecified atom stereocenters. The normalized spacial score (nSPS) is 11.4. The van der Waals surface area contributed by atoms with Crippen molar-refractivity contribution in [3.05, 3.63) is 92.1 Å².